The van der Waals surface area contributed by atoms with Crippen LogP contribution in [0.15, 0.2) is 55.0 Å². The molecule has 0 saturated heterocycles. The second-order valence-corrected chi connectivity index (χ2v) is 6.29. The van der Waals surface area contributed by atoms with Gasteiger partial charge in [-0.25, -0.2) is 9.67 Å². The fourth-order valence-corrected chi connectivity index (χ4v) is 2.53. The summed E-state index contributed by atoms with van der Waals surface area (Å²) >= 11 is 0. The predicted octanol–water partition coefficient (Wildman–Crippen LogP) is 2.76. The molecule has 7 heteroatoms. The zero-order valence-corrected chi connectivity index (χ0v) is 14.2. The van der Waals surface area contributed by atoms with Gasteiger partial charge < -0.3 is 4.74 Å². The summed E-state index contributed by atoms with van der Waals surface area (Å²) in [6.07, 6.45) is 5.70. The van der Waals surface area contributed by atoms with Gasteiger partial charge in [-0.1, -0.05) is 18.2 Å². The van der Waals surface area contributed by atoms with E-state index in [0.717, 1.165) is 5.69 Å². The lowest BCUT2D eigenvalue weighted by Gasteiger charge is -2.10. The number of rotatable bonds is 7. The first-order chi connectivity index (χ1) is 12.8. The lowest BCUT2D eigenvalue weighted by molar-refractivity contribution is 0.102. The van der Waals surface area contributed by atoms with E-state index in [9.17, 15) is 4.79 Å². The van der Waals surface area contributed by atoms with Crippen LogP contribution in [0, 0.1) is 5.92 Å². The molecule has 0 spiro atoms. The van der Waals surface area contributed by atoms with Gasteiger partial charge in [-0.3, -0.25) is 15.1 Å². The van der Waals surface area contributed by atoms with Crippen molar-refractivity contribution in [1.29, 1.82) is 0 Å². The molecule has 3 aromatic rings. The molecule has 132 valence electrons. The molecule has 0 radical (unpaired) electrons. The third kappa shape index (κ3) is 4.05. The molecule has 0 unspecified atom stereocenters. The van der Waals surface area contributed by atoms with Gasteiger partial charge in [-0.15, -0.1) is 5.10 Å². The van der Waals surface area contributed by atoms with E-state index in [-0.39, 0.29) is 11.9 Å². The van der Waals surface area contributed by atoms with Crippen LogP contribution in [0.3, 0.4) is 0 Å². The number of amides is 1. The van der Waals surface area contributed by atoms with Crippen LogP contribution < -0.4 is 10.1 Å². The molecule has 1 aliphatic rings. The lowest BCUT2D eigenvalue weighted by atomic mass is 10.2. The Kier molecular flexibility index (Phi) is 4.59. The van der Waals surface area contributed by atoms with Crippen LogP contribution in [0.4, 0.5) is 5.95 Å². The molecule has 0 atom stereocenters. The van der Waals surface area contributed by atoms with Crippen LogP contribution >= 0.6 is 0 Å². The summed E-state index contributed by atoms with van der Waals surface area (Å²) in [5, 5.41) is 7.00. The minimum atomic E-state index is -0.285. The third-order valence-corrected chi connectivity index (χ3v) is 4.12. The summed E-state index contributed by atoms with van der Waals surface area (Å²) in [4.78, 5) is 21.0. The molecule has 26 heavy (non-hydrogen) atoms. The first kappa shape index (κ1) is 16.3. The van der Waals surface area contributed by atoms with Gasteiger partial charge in [0.1, 0.15) is 12.1 Å². The SMILES string of the molecule is O=C(Nc1ncn(Cc2ccccn2)n1)c1ccccc1OCC1CC1. The predicted molar refractivity (Wildman–Crippen MR) is 96.0 cm³/mol. The van der Waals surface area contributed by atoms with E-state index < -0.39 is 0 Å². The van der Waals surface area contributed by atoms with Crippen molar-refractivity contribution in [3.05, 3.63) is 66.2 Å². The molecule has 4 rings (SSSR count). The van der Waals surface area contributed by atoms with E-state index in [0.29, 0.717) is 30.4 Å². The smallest absolute Gasteiger partial charge is 0.261 e. The maximum absolute atomic E-state index is 12.6. The van der Waals surface area contributed by atoms with Crippen LogP contribution in [0.2, 0.25) is 0 Å². The molecule has 2 aromatic heterocycles. The maximum atomic E-state index is 12.6. The lowest BCUT2D eigenvalue weighted by Crippen LogP contribution is -2.15. The monoisotopic (exact) mass is 349 g/mol. The number of aromatic nitrogens is 4. The van der Waals surface area contributed by atoms with Gasteiger partial charge in [0.15, 0.2) is 0 Å². The number of nitrogens with zero attached hydrogens (tertiary/aromatic N) is 4. The number of ether oxygens (including phenoxy) is 1. The number of anilines is 1. The Morgan fingerprint density at radius 2 is 2.00 bits per heavy atom. The van der Waals surface area contributed by atoms with Crippen LogP contribution in [0.25, 0.3) is 0 Å². The van der Waals surface area contributed by atoms with Crippen LogP contribution in [0.1, 0.15) is 28.9 Å². The van der Waals surface area contributed by atoms with Crippen molar-refractivity contribution in [3.63, 3.8) is 0 Å². The number of carbonyl (C=O) groups excluding carboxylic acids is 1. The van der Waals surface area contributed by atoms with E-state index in [1.54, 1.807) is 23.3 Å². The van der Waals surface area contributed by atoms with Crippen molar-refractivity contribution in [1.82, 2.24) is 19.7 Å². The van der Waals surface area contributed by atoms with E-state index >= 15 is 0 Å². The Balaban J connectivity index is 1.42. The molecule has 1 N–H and O–H groups in total. The van der Waals surface area contributed by atoms with Crippen molar-refractivity contribution in [2.75, 3.05) is 11.9 Å². The Labute approximate surface area is 151 Å². The normalized spacial score (nSPS) is 13.4. The zero-order chi connectivity index (χ0) is 17.8. The standard InChI is InChI=1S/C19H19N5O2/c25-18(16-6-1-2-7-17(16)26-12-14-8-9-14)22-19-21-13-24(23-19)11-15-5-3-4-10-20-15/h1-7,10,13-14H,8-9,11-12H2,(H,22,23,25). The summed E-state index contributed by atoms with van der Waals surface area (Å²) < 4.78 is 7.42. The summed E-state index contributed by atoms with van der Waals surface area (Å²) in [7, 11) is 0. The third-order valence-electron chi connectivity index (χ3n) is 4.12. The topological polar surface area (TPSA) is 81.9 Å². The van der Waals surface area contributed by atoms with E-state index in [2.05, 4.69) is 20.4 Å². The summed E-state index contributed by atoms with van der Waals surface area (Å²) in [5.41, 5.74) is 1.35. The van der Waals surface area contributed by atoms with Crippen molar-refractivity contribution >= 4 is 11.9 Å². The van der Waals surface area contributed by atoms with Crippen LogP contribution in [-0.2, 0) is 6.54 Å². The summed E-state index contributed by atoms with van der Waals surface area (Å²) in [6, 6.07) is 12.9. The van der Waals surface area contributed by atoms with Crippen LogP contribution in [0.5, 0.6) is 5.75 Å². The van der Waals surface area contributed by atoms with Gasteiger partial charge in [0.05, 0.1) is 24.4 Å². The first-order valence-corrected chi connectivity index (χ1v) is 8.60. The largest absolute Gasteiger partial charge is 0.492 e. The van der Waals surface area contributed by atoms with Crippen molar-refractivity contribution in [2.45, 2.75) is 19.4 Å². The highest BCUT2D eigenvalue weighted by Gasteiger charge is 2.23. The Bertz CT molecular complexity index is 890. The highest BCUT2D eigenvalue weighted by Crippen LogP contribution is 2.30. The Morgan fingerprint density at radius 1 is 1.15 bits per heavy atom. The van der Waals surface area contributed by atoms with Gasteiger partial charge in [-0.2, -0.15) is 0 Å². The molecule has 1 aliphatic carbocycles. The maximum Gasteiger partial charge on any atom is 0.261 e. The molecule has 1 aromatic carbocycles. The quantitative estimate of drug-likeness (QED) is 0.709. The Morgan fingerprint density at radius 3 is 2.81 bits per heavy atom. The van der Waals surface area contributed by atoms with Crippen LogP contribution in [-0.4, -0.2) is 32.3 Å². The van der Waals surface area contributed by atoms with Crippen molar-refractivity contribution < 1.29 is 9.53 Å². The number of carbonyl (C=O) groups is 1. The average molecular weight is 349 g/mol. The Hall–Kier alpha value is -3.22. The molecule has 2 heterocycles. The molecule has 7 nitrogen and oxygen atoms in total. The molecule has 1 fully saturated rings. The number of benzene rings is 1. The minimum absolute atomic E-state index is 0.253. The fourth-order valence-electron chi connectivity index (χ4n) is 2.53. The number of nitrogens with one attached hydrogen (secondary N) is 1. The fraction of sp³-hybridized carbons (Fsp3) is 0.263. The summed E-state index contributed by atoms with van der Waals surface area (Å²) in [6.45, 7) is 1.14. The second kappa shape index (κ2) is 7.35. The van der Waals surface area contributed by atoms with E-state index in [4.69, 9.17) is 4.74 Å². The molecular formula is C19H19N5O2. The molecule has 1 saturated carbocycles. The average Bonchev–Trinajstić information content (AvgIpc) is 3.41. The zero-order valence-electron chi connectivity index (χ0n) is 14.2. The summed E-state index contributed by atoms with van der Waals surface area (Å²) in [5.74, 6) is 1.18. The molecular weight excluding hydrogens is 330 g/mol. The minimum Gasteiger partial charge on any atom is -0.492 e. The second-order valence-electron chi connectivity index (χ2n) is 6.29. The van der Waals surface area contributed by atoms with Gasteiger partial charge in [0.25, 0.3) is 5.91 Å². The highest BCUT2D eigenvalue weighted by molar-refractivity contribution is 6.05. The number of para-hydroxylation sites is 1. The number of pyridine rings is 1. The van der Waals surface area contributed by atoms with Crippen molar-refractivity contribution in [2.24, 2.45) is 5.92 Å². The van der Waals surface area contributed by atoms with Gasteiger partial charge >= 0.3 is 0 Å². The highest BCUT2D eigenvalue weighted by atomic mass is 16.5. The molecule has 0 bridgehead atoms. The number of hydrogen-bond acceptors (Lipinski definition) is 5. The van der Waals surface area contributed by atoms with Gasteiger partial charge in [0, 0.05) is 6.20 Å². The van der Waals surface area contributed by atoms with Gasteiger partial charge in [-0.05, 0) is 43.0 Å². The molecule has 0 aliphatic heterocycles. The van der Waals surface area contributed by atoms with E-state index in [1.165, 1.54) is 12.8 Å². The van der Waals surface area contributed by atoms with Crippen molar-refractivity contribution in [3.8, 4) is 5.75 Å². The molecule has 1 amide bonds. The van der Waals surface area contributed by atoms with E-state index in [1.807, 2.05) is 36.4 Å². The first-order valence-electron chi connectivity index (χ1n) is 8.60. The number of hydrogen-bond donors (Lipinski definition) is 1. The van der Waals surface area contributed by atoms with Gasteiger partial charge in [0.2, 0.25) is 5.95 Å².